The van der Waals surface area contributed by atoms with Crippen LogP contribution in [0.15, 0.2) is 22.8 Å². The van der Waals surface area contributed by atoms with Crippen molar-refractivity contribution >= 4 is 5.78 Å². The molecule has 0 amide bonds. The Kier molecular flexibility index (Phi) is 3.05. The van der Waals surface area contributed by atoms with E-state index in [1.807, 2.05) is 6.92 Å². The molecule has 2 aliphatic rings. The van der Waals surface area contributed by atoms with Crippen LogP contribution in [0, 0.1) is 17.8 Å². The second-order valence-electron chi connectivity index (χ2n) is 5.66. The number of carbonyl (C=O) groups excluding carboxylic acids is 1. The van der Waals surface area contributed by atoms with Crippen molar-refractivity contribution in [1.82, 2.24) is 0 Å². The molecule has 0 heterocycles. The lowest BCUT2D eigenvalue weighted by atomic mass is 9.78. The number of allylic oxidation sites excluding steroid dienone is 4. The van der Waals surface area contributed by atoms with Gasteiger partial charge in [-0.15, -0.1) is 0 Å². The Hall–Kier alpha value is -0.850. The molecule has 0 radical (unpaired) electrons. The Bertz CT molecular complexity index is 373. The van der Waals surface area contributed by atoms with Crippen LogP contribution in [0.25, 0.3) is 0 Å². The van der Waals surface area contributed by atoms with Crippen LogP contribution in [0.5, 0.6) is 0 Å². The second-order valence-corrected chi connectivity index (χ2v) is 5.66. The van der Waals surface area contributed by atoms with Crippen LogP contribution in [-0.2, 0) is 4.79 Å². The number of rotatable bonds is 0. The predicted molar refractivity (Wildman–Crippen MR) is 67.1 cm³/mol. The lowest BCUT2D eigenvalue weighted by Gasteiger charge is -2.26. The molecule has 1 heteroatoms. The first-order valence-corrected chi connectivity index (χ1v) is 6.43. The van der Waals surface area contributed by atoms with Gasteiger partial charge in [0.05, 0.1) is 0 Å². The molecule has 0 aromatic rings. The molecule has 3 unspecified atom stereocenters. The van der Waals surface area contributed by atoms with Gasteiger partial charge < -0.3 is 0 Å². The first kappa shape index (κ1) is 11.6. The molecular formula is C15H22O. The van der Waals surface area contributed by atoms with Crippen molar-refractivity contribution in [2.24, 2.45) is 17.8 Å². The van der Waals surface area contributed by atoms with E-state index in [-0.39, 0.29) is 0 Å². The number of carbonyl (C=O) groups is 1. The molecule has 0 aliphatic heterocycles. The van der Waals surface area contributed by atoms with Gasteiger partial charge in [0.25, 0.3) is 0 Å². The Balaban J connectivity index is 2.43. The first-order chi connectivity index (χ1) is 7.50. The quantitative estimate of drug-likeness (QED) is 0.602. The summed E-state index contributed by atoms with van der Waals surface area (Å²) in [5.74, 6) is 2.18. The SMILES string of the molecule is CC1=CC2=C(C)C(=O)CC2C(C)CCC1C. The lowest BCUT2D eigenvalue weighted by molar-refractivity contribution is -0.115. The highest BCUT2D eigenvalue weighted by molar-refractivity contribution is 5.99. The van der Waals surface area contributed by atoms with E-state index < -0.39 is 0 Å². The monoisotopic (exact) mass is 218 g/mol. The van der Waals surface area contributed by atoms with Crippen molar-refractivity contribution in [3.8, 4) is 0 Å². The summed E-state index contributed by atoms with van der Waals surface area (Å²) in [4.78, 5) is 11.8. The van der Waals surface area contributed by atoms with E-state index in [1.165, 1.54) is 24.0 Å². The highest BCUT2D eigenvalue weighted by Crippen LogP contribution is 2.40. The minimum Gasteiger partial charge on any atom is -0.295 e. The van der Waals surface area contributed by atoms with Gasteiger partial charge in [0, 0.05) is 6.42 Å². The molecule has 2 aliphatic carbocycles. The molecule has 0 aromatic carbocycles. The van der Waals surface area contributed by atoms with Crippen LogP contribution < -0.4 is 0 Å². The molecule has 0 saturated carbocycles. The van der Waals surface area contributed by atoms with Crippen molar-refractivity contribution in [2.45, 2.75) is 47.0 Å². The van der Waals surface area contributed by atoms with E-state index >= 15 is 0 Å². The van der Waals surface area contributed by atoms with E-state index in [4.69, 9.17) is 0 Å². The smallest absolute Gasteiger partial charge is 0.159 e. The van der Waals surface area contributed by atoms with E-state index in [0.29, 0.717) is 23.5 Å². The third-order valence-electron chi connectivity index (χ3n) is 4.56. The van der Waals surface area contributed by atoms with Crippen LogP contribution in [0.3, 0.4) is 0 Å². The molecule has 1 nitrogen and oxygen atoms in total. The second kappa shape index (κ2) is 4.20. The summed E-state index contributed by atoms with van der Waals surface area (Å²) < 4.78 is 0. The Morgan fingerprint density at radius 3 is 2.56 bits per heavy atom. The van der Waals surface area contributed by atoms with Gasteiger partial charge in [0.15, 0.2) is 5.78 Å². The molecular weight excluding hydrogens is 196 g/mol. The summed E-state index contributed by atoms with van der Waals surface area (Å²) in [5, 5.41) is 0. The van der Waals surface area contributed by atoms with E-state index in [1.54, 1.807) is 0 Å². The Morgan fingerprint density at radius 2 is 1.88 bits per heavy atom. The van der Waals surface area contributed by atoms with Gasteiger partial charge in [0.1, 0.15) is 0 Å². The van der Waals surface area contributed by atoms with Gasteiger partial charge in [0.2, 0.25) is 0 Å². The number of hydrogen-bond acceptors (Lipinski definition) is 1. The number of ketones is 1. The van der Waals surface area contributed by atoms with Crippen molar-refractivity contribution in [3.63, 3.8) is 0 Å². The van der Waals surface area contributed by atoms with E-state index in [0.717, 1.165) is 12.0 Å². The van der Waals surface area contributed by atoms with Gasteiger partial charge in [-0.1, -0.05) is 25.5 Å². The van der Waals surface area contributed by atoms with Crippen LogP contribution in [0.1, 0.15) is 47.0 Å². The highest BCUT2D eigenvalue weighted by atomic mass is 16.1. The van der Waals surface area contributed by atoms with Crippen molar-refractivity contribution < 1.29 is 4.79 Å². The molecule has 0 spiro atoms. The molecule has 0 aromatic heterocycles. The third kappa shape index (κ3) is 1.88. The zero-order chi connectivity index (χ0) is 11.9. The fraction of sp³-hybridized carbons (Fsp3) is 0.667. The zero-order valence-electron chi connectivity index (χ0n) is 10.8. The van der Waals surface area contributed by atoms with Crippen LogP contribution in [-0.4, -0.2) is 5.78 Å². The van der Waals surface area contributed by atoms with Crippen molar-refractivity contribution in [3.05, 3.63) is 22.8 Å². The summed E-state index contributed by atoms with van der Waals surface area (Å²) in [6.07, 6.45) is 5.56. The van der Waals surface area contributed by atoms with Crippen molar-refractivity contribution in [1.29, 1.82) is 0 Å². The topological polar surface area (TPSA) is 17.1 Å². The molecule has 0 N–H and O–H groups in total. The first-order valence-electron chi connectivity index (χ1n) is 6.43. The summed E-state index contributed by atoms with van der Waals surface area (Å²) in [6.45, 7) is 8.81. The van der Waals surface area contributed by atoms with E-state index in [9.17, 15) is 4.79 Å². The van der Waals surface area contributed by atoms with Crippen molar-refractivity contribution in [2.75, 3.05) is 0 Å². The highest BCUT2D eigenvalue weighted by Gasteiger charge is 2.33. The van der Waals surface area contributed by atoms with E-state index in [2.05, 4.69) is 26.8 Å². The number of fused-ring (bicyclic) bond motifs is 1. The summed E-state index contributed by atoms with van der Waals surface area (Å²) in [5.41, 5.74) is 3.80. The maximum absolute atomic E-state index is 11.8. The Labute approximate surface area is 98.6 Å². The molecule has 0 fully saturated rings. The van der Waals surface area contributed by atoms with Gasteiger partial charge >= 0.3 is 0 Å². The average molecular weight is 218 g/mol. The van der Waals surface area contributed by atoms with Gasteiger partial charge in [-0.2, -0.15) is 0 Å². The standard InChI is InChI=1S/C15H22O/c1-9-5-6-10(2)13-8-15(16)12(4)14(13)7-11(9)3/h7,9-10,13H,5-6,8H2,1-4H3. The van der Waals surface area contributed by atoms with Gasteiger partial charge in [-0.25, -0.2) is 0 Å². The maximum atomic E-state index is 11.8. The predicted octanol–water partition coefficient (Wildman–Crippen LogP) is 3.90. The normalized spacial score (nSPS) is 35.6. The summed E-state index contributed by atoms with van der Waals surface area (Å²) in [7, 11) is 0. The minimum absolute atomic E-state index is 0.366. The minimum atomic E-state index is 0.366. The zero-order valence-corrected chi connectivity index (χ0v) is 10.8. The van der Waals surface area contributed by atoms with Crippen LogP contribution in [0.4, 0.5) is 0 Å². The van der Waals surface area contributed by atoms with Crippen LogP contribution >= 0.6 is 0 Å². The molecule has 2 rings (SSSR count). The largest absolute Gasteiger partial charge is 0.295 e. The van der Waals surface area contributed by atoms with Crippen LogP contribution in [0.2, 0.25) is 0 Å². The average Bonchev–Trinajstić information content (AvgIpc) is 2.52. The number of hydrogen-bond donors (Lipinski definition) is 0. The van der Waals surface area contributed by atoms with Gasteiger partial charge in [-0.3, -0.25) is 4.79 Å². The fourth-order valence-electron chi connectivity index (χ4n) is 2.95. The molecule has 16 heavy (non-hydrogen) atoms. The molecule has 3 atom stereocenters. The maximum Gasteiger partial charge on any atom is 0.159 e. The third-order valence-corrected chi connectivity index (χ3v) is 4.56. The van der Waals surface area contributed by atoms with Gasteiger partial charge in [-0.05, 0) is 55.6 Å². The molecule has 0 bridgehead atoms. The summed E-state index contributed by atoms with van der Waals surface area (Å²) in [6, 6.07) is 0. The lowest BCUT2D eigenvalue weighted by Crippen LogP contribution is -2.16. The Morgan fingerprint density at radius 1 is 1.19 bits per heavy atom. The number of Topliss-reactive ketones (excluding diaryl/α,β-unsaturated/α-hetero) is 1. The fourth-order valence-corrected chi connectivity index (χ4v) is 2.95. The summed E-state index contributed by atoms with van der Waals surface area (Å²) >= 11 is 0. The molecule has 0 saturated heterocycles. The molecule has 88 valence electrons.